The molecule has 0 radical (unpaired) electrons. The van der Waals surface area contributed by atoms with Gasteiger partial charge in [-0.15, -0.1) is 0 Å². The second-order valence-electron chi connectivity index (χ2n) is 6.85. The largest absolute Gasteiger partial charge is 0.508 e. The monoisotopic (exact) mass is 346 g/mol. The van der Waals surface area contributed by atoms with Crippen LogP contribution in [0.15, 0.2) is 29.3 Å². The van der Waals surface area contributed by atoms with Gasteiger partial charge in [-0.1, -0.05) is 12.1 Å². The number of nitrogens with one attached hydrogen (secondary N) is 1. The number of likely N-dealkylation sites (tertiary alicyclic amines) is 1. The zero-order chi connectivity index (χ0) is 17.5. The number of hydrogen-bond acceptors (Lipinski definition) is 4. The number of aliphatic imine (C=N–C) groups is 1. The Morgan fingerprint density at radius 3 is 2.92 bits per heavy atom. The summed E-state index contributed by atoms with van der Waals surface area (Å²) in [5.74, 6) is 1.97. The van der Waals surface area contributed by atoms with Crippen molar-refractivity contribution < 1.29 is 9.84 Å². The van der Waals surface area contributed by atoms with Crippen LogP contribution >= 0.6 is 0 Å². The lowest BCUT2D eigenvalue weighted by atomic mass is 10.1. The van der Waals surface area contributed by atoms with Crippen molar-refractivity contribution in [3.05, 3.63) is 29.8 Å². The molecule has 1 unspecified atom stereocenters. The highest BCUT2D eigenvalue weighted by Crippen LogP contribution is 2.19. The van der Waals surface area contributed by atoms with E-state index in [0.29, 0.717) is 18.2 Å². The molecule has 3 rings (SSSR count). The molecule has 0 spiro atoms. The quantitative estimate of drug-likeness (QED) is 0.625. The summed E-state index contributed by atoms with van der Waals surface area (Å²) in [4.78, 5) is 9.67. The number of phenols is 1. The fourth-order valence-electron chi connectivity index (χ4n) is 3.57. The Morgan fingerprint density at radius 2 is 2.16 bits per heavy atom. The second-order valence-corrected chi connectivity index (χ2v) is 6.85. The van der Waals surface area contributed by atoms with Crippen molar-refractivity contribution in [1.29, 1.82) is 0 Å². The van der Waals surface area contributed by atoms with Crippen LogP contribution in [0.25, 0.3) is 0 Å². The van der Waals surface area contributed by atoms with Crippen LogP contribution < -0.4 is 5.32 Å². The molecule has 2 saturated heterocycles. The third-order valence-corrected chi connectivity index (χ3v) is 4.86. The molecule has 0 aromatic heterocycles. The van der Waals surface area contributed by atoms with E-state index in [2.05, 4.69) is 22.0 Å². The molecule has 1 atom stereocenters. The lowest BCUT2D eigenvalue weighted by Gasteiger charge is -2.29. The first-order chi connectivity index (χ1) is 12.2. The molecule has 1 aromatic rings. The van der Waals surface area contributed by atoms with Crippen LogP contribution in [0.2, 0.25) is 0 Å². The molecule has 6 heteroatoms. The van der Waals surface area contributed by atoms with E-state index in [-0.39, 0.29) is 0 Å². The van der Waals surface area contributed by atoms with Gasteiger partial charge in [0.15, 0.2) is 5.96 Å². The van der Waals surface area contributed by atoms with Crippen molar-refractivity contribution in [2.45, 2.75) is 19.9 Å². The summed E-state index contributed by atoms with van der Waals surface area (Å²) < 4.78 is 5.44. The number of rotatable bonds is 5. The van der Waals surface area contributed by atoms with Crippen LogP contribution in [-0.4, -0.2) is 73.3 Å². The Labute approximate surface area is 150 Å². The van der Waals surface area contributed by atoms with E-state index < -0.39 is 0 Å². The standard InChI is InChI=1S/C19H30N4O2/c1-2-20-19(21-13-16-4-3-5-18(24)12-16)23-7-6-17(15-23)14-22-8-10-25-11-9-22/h3-5,12,17,24H,2,6-11,13-15H2,1H3,(H,20,21). The van der Waals surface area contributed by atoms with E-state index >= 15 is 0 Å². The van der Waals surface area contributed by atoms with Gasteiger partial charge in [-0.3, -0.25) is 4.90 Å². The molecular weight excluding hydrogens is 316 g/mol. The Hall–Kier alpha value is -1.79. The van der Waals surface area contributed by atoms with E-state index in [4.69, 9.17) is 9.73 Å². The number of nitrogens with zero attached hydrogens (tertiary/aromatic N) is 3. The van der Waals surface area contributed by atoms with Gasteiger partial charge < -0.3 is 20.1 Å². The molecule has 25 heavy (non-hydrogen) atoms. The maximum atomic E-state index is 9.60. The zero-order valence-electron chi connectivity index (χ0n) is 15.2. The highest BCUT2D eigenvalue weighted by molar-refractivity contribution is 5.80. The number of aromatic hydroxyl groups is 1. The average molecular weight is 346 g/mol. The molecule has 0 bridgehead atoms. The van der Waals surface area contributed by atoms with Gasteiger partial charge in [0.1, 0.15) is 5.75 Å². The molecule has 138 valence electrons. The number of phenolic OH excluding ortho intramolecular Hbond substituents is 1. The van der Waals surface area contributed by atoms with Crippen molar-refractivity contribution in [2.24, 2.45) is 10.9 Å². The minimum Gasteiger partial charge on any atom is -0.508 e. The first kappa shape index (κ1) is 18.0. The van der Waals surface area contributed by atoms with Crippen LogP contribution in [-0.2, 0) is 11.3 Å². The summed E-state index contributed by atoms with van der Waals surface area (Å²) >= 11 is 0. The molecule has 0 amide bonds. The van der Waals surface area contributed by atoms with Gasteiger partial charge in [-0.05, 0) is 37.0 Å². The number of ether oxygens (including phenoxy) is 1. The lowest BCUT2D eigenvalue weighted by molar-refractivity contribution is 0.0315. The summed E-state index contributed by atoms with van der Waals surface area (Å²) in [6.45, 7) is 10.7. The van der Waals surface area contributed by atoms with Crippen molar-refractivity contribution in [3.8, 4) is 5.75 Å². The van der Waals surface area contributed by atoms with Gasteiger partial charge in [0.2, 0.25) is 0 Å². The molecule has 2 fully saturated rings. The normalized spacial score (nSPS) is 22.4. The number of hydrogen-bond donors (Lipinski definition) is 2. The van der Waals surface area contributed by atoms with Gasteiger partial charge in [-0.25, -0.2) is 4.99 Å². The second kappa shape index (κ2) is 9.06. The number of guanidine groups is 1. The summed E-state index contributed by atoms with van der Waals surface area (Å²) in [5.41, 5.74) is 1.03. The third kappa shape index (κ3) is 5.34. The summed E-state index contributed by atoms with van der Waals surface area (Å²) in [5, 5.41) is 13.0. The molecule has 2 aliphatic heterocycles. The van der Waals surface area contributed by atoms with Gasteiger partial charge >= 0.3 is 0 Å². The lowest BCUT2D eigenvalue weighted by Crippen LogP contribution is -2.42. The van der Waals surface area contributed by atoms with Crippen LogP contribution in [0.3, 0.4) is 0 Å². The van der Waals surface area contributed by atoms with Gasteiger partial charge in [0.05, 0.1) is 19.8 Å². The fourth-order valence-corrected chi connectivity index (χ4v) is 3.57. The van der Waals surface area contributed by atoms with Crippen molar-refractivity contribution in [2.75, 3.05) is 52.5 Å². The van der Waals surface area contributed by atoms with Crippen LogP contribution in [0.1, 0.15) is 18.9 Å². The maximum absolute atomic E-state index is 9.60. The Kier molecular flexibility index (Phi) is 6.53. The summed E-state index contributed by atoms with van der Waals surface area (Å²) in [6, 6.07) is 7.33. The van der Waals surface area contributed by atoms with Gasteiger partial charge in [-0.2, -0.15) is 0 Å². The van der Waals surface area contributed by atoms with Crippen LogP contribution in [0.4, 0.5) is 0 Å². The predicted octanol–water partition coefficient (Wildman–Crippen LogP) is 1.51. The molecule has 2 N–H and O–H groups in total. The van der Waals surface area contributed by atoms with Crippen LogP contribution in [0.5, 0.6) is 5.75 Å². The van der Waals surface area contributed by atoms with E-state index in [9.17, 15) is 5.11 Å². The number of morpholine rings is 1. The molecule has 2 heterocycles. The first-order valence-corrected chi connectivity index (χ1v) is 9.36. The predicted molar refractivity (Wildman–Crippen MR) is 99.9 cm³/mol. The maximum Gasteiger partial charge on any atom is 0.194 e. The number of benzene rings is 1. The molecule has 1 aromatic carbocycles. The van der Waals surface area contributed by atoms with Crippen molar-refractivity contribution in [1.82, 2.24) is 15.1 Å². The smallest absolute Gasteiger partial charge is 0.194 e. The summed E-state index contributed by atoms with van der Waals surface area (Å²) in [6.07, 6.45) is 1.22. The minimum atomic E-state index is 0.296. The highest BCUT2D eigenvalue weighted by Gasteiger charge is 2.27. The van der Waals surface area contributed by atoms with Crippen molar-refractivity contribution in [3.63, 3.8) is 0 Å². The fraction of sp³-hybridized carbons (Fsp3) is 0.632. The third-order valence-electron chi connectivity index (χ3n) is 4.86. The Morgan fingerprint density at radius 1 is 1.32 bits per heavy atom. The highest BCUT2D eigenvalue weighted by atomic mass is 16.5. The molecule has 6 nitrogen and oxygen atoms in total. The van der Waals surface area contributed by atoms with E-state index in [1.807, 2.05) is 12.1 Å². The molecule has 0 saturated carbocycles. The van der Waals surface area contributed by atoms with Gasteiger partial charge in [0.25, 0.3) is 0 Å². The van der Waals surface area contributed by atoms with E-state index in [1.165, 1.54) is 6.42 Å². The zero-order valence-corrected chi connectivity index (χ0v) is 15.2. The molecule has 0 aliphatic carbocycles. The minimum absolute atomic E-state index is 0.296. The average Bonchev–Trinajstić information content (AvgIpc) is 3.08. The Bertz CT molecular complexity index is 572. The summed E-state index contributed by atoms with van der Waals surface area (Å²) in [7, 11) is 0. The molecule has 2 aliphatic rings. The Balaban J connectivity index is 1.56. The van der Waals surface area contributed by atoms with E-state index in [1.54, 1.807) is 12.1 Å². The first-order valence-electron chi connectivity index (χ1n) is 9.36. The molecular formula is C19H30N4O2. The van der Waals surface area contributed by atoms with E-state index in [0.717, 1.165) is 64.0 Å². The SMILES string of the molecule is CCNC(=NCc1cccc(O)c1)N1CCC(CN2CCOCC2)C1. The van der Waals surface area contributed by atoms with Gasteiger partial charge in [0, 0.05) is 39.3 Å². The van der Waals surface area contributed by atoms with Crippen molar-refractivity contribution >= 4 is 5.96 Å². The van der Waals surface area contributed by atoms with Crippen LogP contribution in [0, 0.1) is 5.92 Å². The topological polar surface area (TPSA) is 60.3 Å².